The number of amides is 2. The second-order valence-corrected chi connectivity index (χ2v) is 6.20. The van der Waals surface area contributed by atoms with Gasteiger partial charge in [0.1, 0.15) is 5.01 Å². The number of aromatic nitrogens is 2. The number of benzene rings is 1. The third kappa shape index (κ3) is 5.43. The maximum atomic E-state index is 11.8. The number of hydrazone groups is 1. The molecule has 0 spiro atoms. The summed E-state index contributed by atoms with van der Waals surface area (Å²) in [5, 5.41) is 14.9. The van der Waals surface area contributed by atoms with Crippen molar-refractivity contribution in [1.29, 1.82) is 0 Å². The number of carbonyl (C=O) groups is 2. The molecule has 2 aromatic rings. The molecule has 2 amide bonds. The lowest BCUT2D eigenvalue weighted by Crippen LogP contribution is -2.19. The quantitative estimate of drug-likeness (QED) is 0.606. The molecule has 0 saturated carbocycles. The average molecular weight is 346 g/mol. The van der Waals surface area contributed by atoms with Gasteiger partial charge in [-0.25, -0.2) is 5.43 Å². The van der Waals surface area contributed by atoms with E-state index in [0.717, 1.165) is 22.6 Å². The molecule has 2 rings (SSSR count). The van der Waals surface area contributed by atoms with Crippen molar-refractivity contribution in [1.82, 2.24) is 15.6 Å². The Labute approximate surface area is 143 Å². The monoisotopic (exact) mass is 346 g/mol. The molecule has 0 unspecified atom stereocenters. The normalized spacial score (nSPS) is 10.6. The summed E-state index contributed by atoms with van der Waals surface area (Å²) in [7, 11) is 3.93. The van der Waals surface area contributed by atoms with Crippen LogP contribution >= 0.6 is 11.3 Å². The minimum atomic E-state index is -0.304. The van der Waals surface area contributed by atoms with Crippen molar-refractivity contribution in [2.24, 2.45) is 5.10 Å². The zero-order valence-corrected chi connectivity index (χ0v) is 14.4. The number of nitrogens with one attached hydrogen (secondary N) is 2. The molecule has 0 atom stereocenters. The zero-order valence-electron chi connectivity index (χ0n) is 13.6. The van der Waals surface area contributed by atoms with Gasteiger partial charge >= 0.3 is 0 Å². The van der Waals surface area contributed by atoms with E-state index in [1.807, 2.05) is 43.3 Å². The number of anilines is 2. The van der Waals surface area contributed by atoms with Gasteiger partial charge in [0.2, 0.25) is 16.9 Å². The molecular weight excluding hydrogens is 328 g/mol. The summed E-state index contributed by atoms with van der Waals surface area (Å²) in [4.78, 5) is 24.7. The van der Waals surface area contributed by atoms with Crippen LogP contribution < -0.4 is 15.6 Å². The number of rotatable bonds is 6. The SMILES string of the molecule is CC(=O)Nc1nnc(CC(=O)N/N=C\c2ccc(N(C)C)cc2)s1. The number of hydrogen-bond acceptors (Lipinski definition) is 7. The topological polar surface area (TPSA) is 99.6 Å². The van der Waals surface area contributed by atoms with Crippen LogP contribution in [0, 0.1) is 0 Å². The largest absolute Gasteiger partial charge is 0.378 e. The van der Waals surface area contributed by atoms with E-state index in [-0.39, 0.29) is 18.2 Å². The van der Waals surface area contributed by atoms with Crippen molar-refractivity contribution >= 4 is 40.2 Å². The third-order valence-corrected chi connectivity index (χ3v) is 3.71. The molecule has 0 saturated heterocycles. The van der Waals surface area contributed by atoms with Crippen LogP contribution in [0.25, 0.3) is 0 Å². The van der Waals surface area contributed by atoms with E-state index in [2.05, 4.69) is 26.0 Å². The van der Waals surface area contributed by atoms with Crippen LogP contribution in [-0.4, -0.2) is 42.3 Å². The maximum absolute atomic E-state index is 11.8. The minimum absolute atomic E-state index is 0.0498. The Balaban J connectivity index is 1.84. The molecule has 1 aromatic heterocycles. The smallest absolute Gasteiger partial charge is 0.247 e. The molecule has 24 heavy (non-hydrogen) atoms. The Morgan fingerprint density at radius 3 is 2.58 bits per heavy atom. The summed E-state index contributed by atoms with van der Waals surface area (Å²) in [6.07, 6.45) is 1.62. The lowest BCUT2D eigenvalue weighted by molar-refractivity contribution is -0.120. The first-order chi connectivity index (χ1) is 11.4. The van der Waals surface area contributed by atoms with Gasteiger partial charge in [0.05, 0.1) is 12.6 Å². The van der Waals surface area contributed by atoms with Gasteiger partial charge in [-0.05, 0) is 17.7 Å². The molecular formula is C15H18N6O2S. The van der Waals surface area contributed by atoms with E-state index in [4.69, 9.17) is 0 Å². The second-order valence-electron chi connectivity index (χ2n) is 5.14. The highest BCUT2D eigenvalue weighted by Gasteiger charge is 2.09. The van der Waals surface area contributed by atoms with Crippen LogP contribution in [0.2, 0.25) is 0 Å². The molecule has 0 aliphatic heterocycles. The lowest BCUT2D eigenvalue weighted by Gasteiger charge is -2.11. The second kappa shape index (κ2) is 8.16. The van der Waals surface area contributed by atoms with Crippen molar-refractivity contribution in [3.05, 3.63) is 34.8 Å². The predicted octanol–water partition coefficient (Wildman–Crippen LogP) is 1.26. The fraction of sp³-hybridized carbons (Fsp3) is 0.267. The summed E-state index contributed by atoms with van der Waals surface area (Å²) >= 11 is 1.15. The minimum Gasteiger partial charge on any atom is -0.378 e. The Hall–Kier alpha value is -2.81. The molecule has 0 aliphatic rings. The van der Waals surface area contributed by atoms with Gasteiger partial charge in [0.25, 0.3) is 0 Å². The van der Waals surface area contributed by atoms with Gasteiger partial charge in [-0.1, -0.05) is 23.5 Å². The van der Waals surface area contributed by atoms with Gasteiger partial charge in [-0.15, -0.1) is 10.2 Å². The standard InChI is InChI=1S/C15H18N6O2S/c1-10(22)17-15-20-19-14(24-15)8-13(23)18-16-9-11-4-6-12(7-5-11)21(2)3/h4-7,9H,8H2,1-3H3,(H,18,23)(H,17,20,22)/b16-9-. The van der Waals surface area contributed by atoms with E-state index < -0.39 is 0 Å². The molecule has 8 nitrogen and oxygen atoms in total. The van der Waals surface area contributed by atoms with Gasteiger partial charge in [0.15, 0.2) is 0 Å². The molecule has 9 heteroatoms. The third-order valence-electron chi connectivity index (χ3n) is 2.87. The van der Waals surface area contributed by atoms with Gasteiger partial charge in [-0.3, -0.25) is 9.59 Å². The Morgan fingerprint density at radius 1 is 1.25 bits per heavy atom. The number of hydrogen-bond donors (Lipinski definition) is 2. The first-order valence-electron chi connectivity index (χ1n) is 7.13. The van der Waals surface area contributed by atoms with E-state index in [9.17, 15) is 9.59 Å². The lowest BCUT2D eigenvalue weighted by atomic mass is 10.2. The van der Waals surface area contributed by atoms with Crippen LogP contribution in [-0.2, 0) is 16.0 Å². The summed E-state index contributed by atoms with van der Waals surface area (Å²) in [6, 6.07) is 7.76. The average Bonchev–Trinajstić information content (AvgIpc) is 2.93. The van der Waals surface area contributed by atoms with Gasteiger partial charge in [-0.2, -0.15) is 5.10 Å². The van der Waals surface area contributed by atoms with E-state index in [0.29, 0.717) is 10.1 Å². The molecule has 1 aromatic carbocycles. The number of carbonyl (C=O) groups excluding carboxylic acids is 2. The zero-order chi connectivity index (χ0) is 17.5. The Morgan fingerprint density at radius 2 is 1.96 bits per heavy atom. The van der Waals surface area contributed by atoms with E-state index >= 15 is 0 Å². The van der Waals surface area contributed by atoms with Crippen LogP contribution in [0.4, 0.5) is 10.8 Å². The summed E-state index contributed by atoms with van der Waals surface area (Å²) in [6.45, 7) is 1.38. The summed E-state index contributed by atoms with van der Waals surface area (Å²) in [5.74, 6) is -0.534. The molecule has 2 N–H and O–H groups in total. The van der Waals surface area contributed by atoms with Gasteiger partial charge in [0, 0.05) is 26.7 Å². The van der Waals surface area contributed by atoms with Crippen molar-refractivity contribution in [3.8, 4) is 0 Å². The van der Waals surface area contributed by atoms with Crippen LogP contribution in [0.3, 0.4) is 0 Å². The van der Waals surface area contributed by atoms with E-state index in [1.54, 1.807) is 6.21 Å². The molecule has 1 heterocycles. The van der Waals surface area contributed by atoms with Crippen LogP contribution in [0.5, 0.6) is 0 Å². The highest BCUT2D eigenvalue weighted by atomic mass is 32.1. The first-order valence-corrected chi connectivity index (χ1v) is 7.95. The van der Waals surface area contributed by atoms with Crippen LogP contribution in [0.15, 0.2) is 29.4 Å². The summed E-state index contributed by atoms with van der Waals surface area (Å²) < 4.78 is 0. The first kappa shape index (κ1) is 17.5. The molecule has 0 radical (unpaired) electrons. The van der Waals surface area contributed by atoms with E-state index in [1.165, 1.54) is 6.92 Å². The highest BCUT2D eigenvalue weighted by molar-refractivity contribution is 7.15. The highest BCUT2D eigenvalue weighted by Crippen LogP contribution is 2.15. The van der Waals surface area contributed by atoms with Crippen molar-refractivity contribution in [2.45, 2.75) is 13.3 Å². The van der Waals surface area contributed by atoms with Crippen molar-refractivity contribution < 1.29 is 9.59 Å². The fourth-order valence-corrected chi connectivity index (χ4v) is 2.52. The summed E-state index contributed by atoms with van der Waals surface area (Å²) in [5.41, 5.74) is 4.40. The van der Waals surface area contributed by atoms with Gasteiger partial charge < -0.3 is 10.2 Å². The Kier molecular flexibility index (Phi) is 5.96. The maximum Gasteiger partial charge on any atom is 0.247 e. The van der Waals surface area contributed by atoms with Crippen molar-refractivity contribution in [2.75, 3.05) is 24.3 Å². The molecule has 126 valence electrons. The Bertz CT molecular complexity index is 739. The number of nitrogens with zero attached hydrogens (tertiary/aromatic N) is 4. The molecule has 0 bridgehead atoms. The predicted molar refractivity (Wildman–Crippen MR) is 94.4 cm³/mol. The molecule has 0 aliphatic carbocycles. The van der Waals surface area contributed by atoms with Crippen LogP contribution in [0.1, 0.15) is 17.5 Å². The fourth-order valence-electron chi connectivity index (χ4n) is 1.74. The molecule has 0 fully saturated rings. The van der Waals surface area contributed by atoms with Crippen molar-refractivity contribution in [3.63, 3.8) is 0 Å².